The van der Waals surface area contributed by atoms with Gasteiger partial charge in [0.15, 0.2) is 11.6 Å². The predicted molar refractivity (Wildman–Crippen MR) is 59.6 cm³/mol. The van der Waals surface area contributed by atoms with Gasteiger partial charge in [-0.25, -0.2) is 4.39 Å². The minimum Gasteiger partial charge on any atom is -0.490 e. The quantitative estimate of drug-likeness (QED) is 0.829. The standard InChI is InChI=1S/C12H15FN2O/c1-12(9-14,15-2)7-8-16-11-6-4-3-5-10(11)13/h3-6,15H,7-8H2,1-2H3. The van der Waals surface area contributed by atoms with E-state index in [0.29, 0.717) is 13.0 Å². The van der Waals surface area contributed by atoms with Crippen molar-refractivity contribution >= 4 is 0 Å². The van der Waals surface area contributed by atoms with E-state index >= 15 is 0 Å². The van der Waals surface area contributed by atoms with Gasteiger partial charge in [-0.2, -0.15) is 5.26 Å². The van der Waals surface area contributed by atoms with Crippen LogP contribution in [0.2, 0.25) is 0 Å². The average Bonchev–Trinajstić information content (AvgIpc) is 2.31. The van der Waals surface area contributed by atoms with Crippen molar-refractivity contribution in [1.29, 1.82) is 5.26 Å². The maximum absolute atomic E-state index is 13.2. The molecule has 1 atom stereocenters. The Kier molecular flexibility index (Phi) is 4.27. The van der Waals surface area contributed by atoms with E-state index < -0.39 is 5.54 Å². The first-order valence-electron chi connectivity index (χ1n) is 5.09. The molecule has 0 heterocycles. The molecule has 0 bridgehead atoms. The molecule has 0 amide bonds. The summed E-state index contributed by atoms with van der Waals surface area (Å²) in [5.41, 5.74) is -0.634. The molecule has 0 fully saturated rings. The lowest BCUT2D eigenvalue weighted by atomic mass is 10.0. The molecule has 0 saturated carbocycles. The van der Waals surface area contributed by atoms with Gasteiger partial charge in [0.05, 0.1) is 12.7 Å². The summed E-state index contributed by atoms with van der Waals surface area (Å²) in [5, 5.41) is 11.8. The minimum absolute atomic E-state index is 0.221. The highest BCUT2D eigenvalue weighted by Crippen LogP contribution is 2.16. The van der Waals surface area contributed by atoms with Crippen LogP contribution in [-0.4, -0.2) is 19.2 Å². The van der Waals surface area contributed by atoms with Gasteiger partial charge in [0.25, 0.3) is 0 Å². The van der Waals surface area contributed by atoms with Crippen LogP contribution in [0.1, 0.15) is 13.3 Å². The van der Waals surface area contributed by atoms with Crippen molar-refractivity contribution in [1.82, 2.24) is 5.32 Å². The van der Waals surface area contributed by atoms with Crippen LogP contribution >= 0.6 is 0 Å². The van der Waals surface area contributed by atoms with Gasteiger partial charge in [-0.05, 0) is 26.1 Å². The predicted octanol–water partition coefficient (Wildman–Crippen LogP) is 2.10. The molecule has 1 N–H and O–H groups in total. The second-order valence-electron chi connectivity index (χ2n) is 3.72. The number of hydrogen-bond donors (Lipinski definition) is 1. The Balaban J connectivity index is 2.48. The number of rotatable bonds is 5. The smallest absolute Gasteiger partial charge is 0.165 e. The summed E-state index contributed by atoms with van der Waals surface area (Å²) in [6.07, 6.45) is 0.494. The van der Waals surface area contributed by atoms with E-state index in [1.54, 1.807) is 32.2 Å². The van der Waals surface area contributed by atoms with Crippen LogP contribution < -0.4 is 10.1 Å². The molecule has 4 heteroatoms. The minimum atomic E-state index is -0.634. The van der Waals surface area contributed by atoms with Gasteiger partial charge in [0, 0.05) is 6.42 Å². The lowest BCUT2D eigenvalue weighted by Crippen LogP contribution is -2.39. The van der Waals surface area contributed by atoms with Gasteiger partial charge in [-0.3, -0.25) is 0 Å². The molecule has 0 spiro atoms. The number of ether oxygens (including phenoxy) is 1. The molecule has 0 aliphatic heterocycles. The third-order valence-corrected chi connectivity index (χ3v) is 2.49. The fourth-order valence-electron chi connectivity index (χ4n) is 1.16. The summed E-state index contributed by atoms with van der Waals surface area (Å²) >= 11 is 0. The normalized spacial score (nSPS) is 13.9. The van der Waals surface area contributed by atoms with E-state index in [-0.39, 0.29) is 11.6 Å². The molecule has 1 rings (SSSR count). The van der Waals surface area contributed by atoms with Crippen LogP contribution in [0.5, 0.6) is 5.75 Å². The van der Waals surface area contributed by atoms with Crippen molar-refractivity contribution in [2.45, 2.75) is 18.9 Å². The molecule has 3 nitrogen and oxygen atoms in total. The number of hydrogen-bond acceptors (Lipinski definition) is 3. The lowest BCUT2D eigenvalue weighted by molar-refractivity contribution is 0.262. The number of para-hydroxylation sites is 1. The van der Waals surface area contributed by atoms with Gasteiger partial charge in [0.1, 0.15) is 5.54 Å². The molecule has 1 unspecified atom stereocenters. The largest absolute Gasteiger partial charge is 0.490 e. The maximum atomic E-state index is 13.2. The van der Waals surface area contributed by atoms with Gasteiger partial charge in [-0.1, -0.05) is 12.1 Å². The molecular weight excluding hydrogens is 207 g/mol. The van der Waals surface area contributed by atoms with Crippen LogP contribution in [0, 0.1) is 17.1 Å². The Morgan fingerprint density at radius 1 is 1.50 bits per heavy atom. The molecule has 0 saturated heterocycles. The highest BCUT2D eigenvalue weighted by atomic mass is 19.1. The third-order valence-electron chi connectivity index (χ3n) is 2.49. The molecule has 0 aliphatic carbocycles. The SMILES string of the molecule is CNC(C)(C#N)CCOc1ccccc1F. The summed E-state index contributed by atoms with van der Waals surface area (Å²) in [5.74, 6) is -0.162. The second-order valence-corrected chi connectivity index (χ2v) is 3.72. The fraction of sp³-hybridized carbons (Fsp3) is 0.417. The number of halogens is 1. The van der Waals surface area contributed by atoms with Crippen molar-refractivity contribution in [3.8, 4) is 11.8 Å². The first-order chi connectivity index (χ1) is 7.61. The van der Waals surface area contributed by atoms with Crippen molar-refractivity contribution < 1.29 is 9.13 Å². The molecule has 16 heavy (non-hydrogen) atoms. The lowest BCUT2D eigenvalue weighted by Gasteiger charge is -2.20. The third kappa shape index (κ3) is 3.21. The maximum Gasteiger partial charge on any atom is 0.165 e. The summed E-state index contributed by atoms with van der Waals surface area (Å²) in [6, 6.07) is 8.37. The first-order valence-corrected chi connectivity index (χ1v) is 5.09. The van der Waals surface area contributed by atoms with Crippen LogP contribution in [0.4, 0.5) is 4.39 Å². The zero-order chi connectivity index (χ0) is 12.0. The van der Waals surface area contributed by atoms with Gasteiger partial charge < -0.3 is 10.1 Å². The fourth-order valence-corrected chi connectivity index (χ4v) is 1.16. The summed E-state index contributed by atoms with van der Waals surface area (Å²) in [4.78, 5) is 0. The van der Waals surface area contributed by atoms with E-state index in [0.717, 1.165) is 0 Å². The zero-order valence-electron chi connectivity index (χ0n) is 9.46. The van der Waals surface area contributed by atoms with Crippen molar-refractivity contribution in [3.05, 3.63) is 30.1 Å². The van der Waals surface area contributed by atoms with Gasteiger partial charge >= 0.3 is 0 Å². The van der Waals surface area contributed by atoms with Gasteiger partial charge in [0.2, 0.25) is 0 Å². The topological polar surface area (TPSA) is 45.0 Å². The van der Waals surface area contributed by atoms with Crippen LogP contribution in [0.3, 0.4) is 0 Å². The van der Waals surface area contributed by atoms with Crippen LogP contribution in [0.25, 0.3) is 0 Å². The Morgan fingerprint density at radius 2 is 2.19 bits per heavy atom. The Hall–Kier alpha value is -1.60. The molecule has 1 aromatic carbocycles. The second kappa shape index (κ2) is 5.47. The molecule has 0 aromatic heterocycles. The molecule has 86 valence electrons. The van der Waals surface area contributed by atoms with E-state index in [9.17, 15) is 4.39 Å². The molecular formula is C12H15FN2O. The highest BCUT2D eigenvalue weighted by Gasteiger charge is 2.20. The average molecular weight is 222 g/mol. The van der Waals surface area contributed by atoms with Crippen LogP contribution in [-0.2, 0) is 0 Å². The molecule has 0 aliphatic rings. The first kappa shape index (κ1) is 12.5. The van der Waals surface area contributed by atoms with Crippen molar-refractivity contribution in [2.24, 2.45) is 0 Å². The summed E-state index contributed by atoms with van der Waals surface area (Å²) in [7, 11) is 1.71. The summed E-state index contributed by atoms with van der Waals surface area (Å²) < 4.78 is 18.4. The van der Waals surface area contributed by atoms with Crippen molar-refractivity contribution in [2.75, 3.05) is 13.7 Å². The Labute approximate surface area is 94.8 Å². The molecule has 1 aromatic rings. The zero-order valence-corrected chi connectivity index (χ0v) is 9.46. The number of nitriles is 1. The Bertz CT molecular complexity index is 389. The number of nitrogens with one attached hydrogen (secondary N) is 1. The highest BCUT2D eigenvalue weighted by molar-refractivity contribution is 5.23. The Morgan fingerprint density at radius 3 is 2.75 bits per heavy atom. The van der Waals surface area contributed by atoms with E-state index in [2.05, 4.69) is 11.4 Å². The van der Waals surface area contributed by atoms with Crippen LogP contribution in [0.15, 0.2) is 24.3 Å². The summed E-state index contributed by atoms with van der Waals surface area (Å²) in [6.45, 7) is 2.07. The monoisotopic (exact) mass is 222 g/mol. The van der Waals surface area contributed by atoms with E-state index in [4.69, 9.17) is 10.00 Å². The van der Waals surface area contributed by atoms with E-state index in [1.807, 2.05) is 0 Å². The van der Waals surface area contributed by atoms with Crippen molar-refractivity contribution in [3.63, 3.8) is 0 Å². The molecule has 0 radical (unpaired) electrons. The number of nitrogens with zero attached hydrogens (tertiary/aromatic N) is 1. The number of benzene rings is 1. The van der Waals surface area contributed by atoms with Gasteiger partial charge in [-0.15, -0.1) is 0 Å². The van der Waals surface area contributed by atoms with E-state index in [1.165, 1.54) is 6.07 Å².